The van der Waals surface area contributed by atoms with Gasteiger partial charge in [-0.1, -0.05) is 17.7 Å². The Morgan fingerprint density at radius 1 is 1.26 bits per heavy atom. The van der Waals surface area contributed by atoms with Crippen LogP contribution in [0.3, 0.4) is 0 Å². The molecule has 160 valence electrons. The molecule has 8 nitrogen and oxygen atoms in total. The van der Waals surface area contributed by atoms with Gasteiger partial charge in [0.2, 0.25) is 11.8 Å². The average molecular weight is 438 g/mol. The van der Waals surface area contributed by atoms with E-state index in [4.69, 9.17) is 4.74 Å². The fraction of sp³-hybridized carbons (Fsp3) is 0.273. The Bertz CT molecular complexity index is 1050. The van der Waals surface area contributed by atoms with Gasteiger partial charge in [-0.15, -0.1) is 11.3 Å². The zero-order valence-corrected chi connectivity index (χ0v) is 17.9. The number of thiazole rings is 1. The molecule has 0 aliphatic carbocycles. The van der Waals surface area contributed by atoms with Gasteiger partial charge in [-0.25, -0.2) is 9.97 Å². The van der Waals surface area contributed by atoms with E-state index < -0.39 is 0 Å². The van der Waals surface area contributed by atoms with Gasteiger partial charge in [-0.05, 0) is 31.2 Å². The predicted molar refractivity (Wildman–Crippen MR) is 119 cm³/mol. The fourth-order valence-electron chi connectivity index (χ4n) is 3.13. The minimum atomic E-state index is -0.164. The number of nitrogens with zero attached hydrogens (tertiary/aromatic N) is 3. The number of aryl methyl sites for hydroxylation is 1. The molecule has 1 aliphatic heterocycles. The lowest BCUT2D eigenvalue weighted by atomic mass is 10.2. The summed E-state index contributed by atoms with van der Waals surface area (Å²) in [7, 11) is 0. The standard InChI is InChI=1S/C22H23N5O3S/c1-15-2-5-18(6-3-15)30-13-22-26-17(14-31-22)10-20(28)25-16-4-7-19(24-11-16)27-9-8-23-21(29)12-27/h2-7,11,14H,8-10,12-13H2,1H3,(H,23,29)(H,25,28). The van der Waals surface area contributed by atoms with E-state index in [2.05, 4.69) is 20.6 Å². The number of rotatable bonds is 7. The maximum Gasteiger partial charge on any atom is 0.239 e. The summed E-state index contributed by atoms with van der Waals surface area (Å²) < 4.78 is 5.74. The quantitative estimate of drug-likeness (QED) is 0.590. The first-order valence-corrected chi connectivity index (χ1v) is 10.8. The van der Waals surface area contributed by atoms with Crippen LogP contribution in [0.25, 0.3) is 0 Å². The van der Waals surface area contributed by atoms with Crippen LogP contribution in [0.2, 0.25) is 0 Å². The van der Waals surface area contributed by atoms with E-state index in [0.717, 1.165) is 10.8 Å². The minimum absolute atomic E-state index is 0.0164. The first kappa shape index (κ1) is 20.8. The molecule has 0 unspecified atom stereocenters. The van der Waals surface area contributed by atoms with Gasteiger partial charge in [0.15, 0.2) is 0 Å². The molecular formula is C22H23N5O3S. The summed E-state index contributed by atoms with van der Waals surface area (Å²) in [6.07, 6.45) is 1.77. The number of carbonyl (C=O) groups is 2. The van der Waals surface area contributed by atoms with Crippen molar-refractivity contribution in [2.45, 2.75) is 20.0 Å². The van der Waals surface area contributed by atoms with Crippen molar-refractivity contribution in [3.63, 3.8) is 0 Å². The van der Waals surface area contributed by atoms with Crippen LogP contribution in [-0.4, -0.2) is 41.4 Å². The molecule has 1 saturated heterocycles. The molecule has 4 rings (SSSR count). The molecule has 0 atom stereocenters. The second-order valence-corrected chi connectivity index (χ2v) is 8.18. The van der Waals surface area contributed by atoms with Crippen LogP contribution >= 0.6 is 11.3 Å². The van der Waals surface area contributed by atoms with Gasteiger partial charge in [0.25, 0.3) is 0 Å². The number of aromatic nitrogens is 2. The van der Waals surface area contributed by atoms with Crippen LogP contribution in [0.4, 0.5) is 11.5 Å². The van der Waals surface area contributed by atoms with Crippen molar-refractivity contribution >= 4 is 34.7 Å². The molecule has 1 fully saturated rings. The van der Waals surface area contributed by atoms with Gasteiger partial charge in [0.1, 0.15) is 23.2 Å². The van der Waals surface area contributed by atoms with Crippen LogP contribution in [-0.2, 0) is 22.6 Å². The zero-order chi connectivity index (χ0) is 21.6. The van der Waals surface area contributed by atoms with Crippen LogP contribution in [0.15, 0.2) is 48.0 Å². The number of ether oxygens (including phenoxy) is 1. The van der Waals surface area contributed by atoms with E-state index in [1.165, 1.54) is 16.9 Å². The number of amides is 2. The highest BCUT2D eigenvalue weighted by atomic mass is 32.1. The number of carbonyl (C=O) groups excluding carboxylic acids is 2. The topological polar surface area (TPSA) is 96.5 Å². The van der Waals surface area contributed by atoms with E-state index in [0.29, 0.717) is 43.4 Å². The van der Waals surface area contributed by atoms with Gasteiger partial charge in [-0.2, -0.15) is 0 Å². The van der Waals surface area contributed by atoms with Crippen LogP contribution in [0.1, 0.15) is 16.3 Å². The normalized spacial score (nSPS) is 13.6. The second kappa shape index (κ2) is 9.57. The molecule has 0 bridgehead atoms. The summed E-state index contributed by atoms with van der Waals surface area (Å²) in [4.78, 5) is 34.6. The maximum atomic E-state index is 12.4. The fourth-order valence-corrected chi connectivity index (χ4v) is 3.83. The summed E-state index contributed by atoms with van der Waals surface area (Å²) in [5, 5.41) is 8.31. The lowest BCUT2D eigenvalue weighted by molar-refractivity contribution is -0.120. The molecule has 2 N–H and O–H groups in total. The number of anilines is 2. The first-order valence-electron chi connectivity index (χ1n) is 9.95. The third-order valence-electron chi connectivity index (χ3n) is 4.72. The van der Waals surface area contributed by atoms with Crippen molar-refractivity contribution in [2.75, 3.05) is 29.9 Å². The highest BCUT2D eigenvalue weighted by Gasteiger charge is 2.17. The van der Waals surface area contributed by atoms with Crippen LogP contribution in [0.5, 0.6) is 5.75 Å². The third-order valence-corrected chi connectivity index (χ3v) is 5.59. The number of hydrogen-bond donors (Lipinski definition) is 2. The van der Waals surface area contributed by atoms with Crippen molar-refractivity contribution in [3.8, 4) is 5.75 Å². The lowest BCUT2D eigenvalue weighted by Crippen LogP contribution is -2.48. The van der Waals surface area contributed by atoms with Crippen molar-refractivity contribution in [1.29, 1.82) is 0 Å². The summed E-state index contributed by atoms with van der Waals surface area (Å²) in [6.45, 7) is 4.00. The Balaban J connectivity index is 1.27. The summed E-state index contributed by atoms with van der Waals surface area (Å²) in [6, 6.07) is 11.4. The number of pyridine rings is 1. The van der Waals surface area contributed by atoms with E-state index >= 15 is 0 Å². The molecule has 1 aromatic carbocycles. The van der Waals surface area contributed by atoms with Gasteiger partial charge in [-0.3, -0.25) is 9.59 Å². The number of nitrogens with one attached hydrogen (secondary N) is 2. The molecule has 0 saturated carbocycles. The Labute approximate surface area is 184 Å². The Morgan fingerprint density at radius 2 is 2.10 bits per heavy atom. The number of hydrogen-bond acceptors (Lipinski definition) is 7. The smallest absolute Gasteiger partial charge is 0.239 e. The Morgan fingerprint density at radius 3 is 2.84 bits per heavy atom. The summed E-state index contributed by atoms with van der Waals surface area (Å²) in [5.41, 5.74) is 2.49. The van der Waals surface area contributed by atoms with Gasteiger partial charge >= 0.3 is 0 Å². The Hall–Kier alpha value is -3.46. The SMILES string of the molecule is Cc1ccc(OCc2nc(CC(=O)Nc3ccc(N4CCNC(=O)C4)nc3)cs2)cc1. The van der Waals surface area contributed by atoms with Crippen LogP contribution < -0.4 is 20.3 Å². The predicted octanol–water partition coefficient (Wildman–Crippen LogP) is 2.54. The maximum absolute atomic E-state index is 12.4. The summed E-state index contributed by atoms with van der Waals surface area (Å²) >= 11 is 1.47. The highest BCUT2D eigenvalue weighted by molar-refractivity contribution is 7.09. The van der Waals surface area contributed by atoms with E-state index in [9.17, 15) is 9.59 Å². The van der Waals surface area contributed by atoms with Crippen molar-refractivity contribution in [3.05, 3.63) is 64.2 Å². The van der Waals surface area contributed by atoms with Crippen molar-refractivity contribution in [2.24, 2.45) is 0 Å². The van der Waals surface area contributed by atoms with Gasteiger partial charge in [0, 0.05) is 18.5 Å². The molecule has 3 heterocycles. The van der Waals surface area contributed by atoms with Crippen molar-refractivity contribution in [1.82, 2.24) is 15.3 Å². The molecule has 31 heavy (non-hydrogen) atoms. The number of piperazine rings is 1. The monoisotopic (exact) mass is 437 g/mol. The molecule has 3 aromatic rings. The minimum Gasteiger partial charge on any atom is -0.486 e. The first-order chi connectivity index (χ1) is 15.0. The van der Waals surface area contributed by atoms with Gasteiger partial charge < -0.3 is 20.3 Å². The molecule has 2 aromatic heterocycles. The highest BCUT2D eigenvalue weighted by Crippen LogP contribution is 2.18. The largest absolute Gasteiger partial charge is 0.486 e. The number of benzene rings is 1. The molecular weight excluding hydrogens is 414 g/mol. The third kappa shape index (κ3) is 5.79. The average Bonchev–Trinajstić information content (AvgIpc) is 3.21. The summed E-state index contributed by atoms with van der Waals surface area (Å²) in [5.74, 6) is 1.33. The van der Waals surface area contributed by atoms with E-state index in [1.807, 2.05) is 41.5 Å². The van der Waals surface area contributed by atoms with Crippen molar-refractivity contribution < 1.29 is 14.3 Å². The van der Waals surface area contributed by atoms with E-state index in [-0.39, 0.29) is 18.2 Å². The molecule has 0 radical (unpaired) electrons. The molecule has 0 spiro atoms. The Kier molecular flexibility index (Phi) is 6.42. The van der Waals surface area contributed by atoms with Crippen LogP contribution in [0, 0.1) is 6.92 Å². The van der Waals surface area contributed by atoms with E-state index in [1.54, 1.807) is 18.3 Å². The van der Waals surface area contributed by atoms with Gasteiger partial charge in [0.05, 0.1) is 30.5 Å². The molecule has 2 amide bonds. The second-order valence-electron chi connectivity index (χ2n) is 7.24. The lowest BCUT2D eigenvalue weighted by Gasteiger charge is -2.27. The molecule has 1 aliphatic rings. The molecule has 9 heteroatoms. The zero-order valence-electron chi connectivity index (χ0n) is 17.1.